The predicted molar refractivity (Wildman–Crippen MR) is 122 cm³/mol. The number of carbonyl (C=O) groups is 1. The highest BCUT2D eigenvalue weighted by Crippen LogP contribution is 2.37. The standard InChI is InChI=1S/C22H16ClNO3S2/c1-2-26-17-8-6-16(7-9-17)24-21(25)20(29-22(24)28)13-18-10-11-19(27-18)14-4-3-5-15(23)12-14/h3-13H,2H2,1H3/b20-13-. The molecule has 2 heterocycles. The number of ether oxygens (including phenoxy) is 1. The number of anilines is 1. The zero-order valence-corrected chi connectivity index (χ0v) is 17.8. The molecular formula is C22H16ClNO3S2. The van der Waals surface area contributed by atoms with Crippen LogP contribution in [-0.4, -0.2) is 16.8 Å². The molecule has 1 aliphatic heterocycles. The molecule has 0 radical (unpaired) electrons. The minimum absolute atomic E-state index is 0.176. The SMILES string of the molecule is CCOc1ccc(N2C(=O)/C(=C/c3ccc(-c4cccc(Cl)c4)o3)SC2=S)cc1. The first-order chi connectivity index (χ1) is 14.0. The molecule has 2 aromatic carbocycles. The molecule has 0 saturated carbocycles. The van der Waals surface area contributed by atoms with Crippen molar-refractivity contribution in [2.24, 2.45) is 0 Å². The van der Waals surface area contributed by atoms with Crippen molar-refractivity contribution < 1.29 is 13.9 Å². The maximum absolute atomic E-state index is 12.9. The number of hydrogen-bond donors (Lipinski definition) is 0. The lowest BCUT2D eigenvalue weighted by Gasteiger charge is -2.15. The summed E-state index contributed by atoms with van der Waals surface area (Å²) in [7, 11) is 0. The van der Waals surface area contributed by atoms with Gasteiger partial charge in [-0.15, -0.1) is 0 Å². The lowest BCUT2D eigenvalue weighted by molar-refractivity contribution is -0.113. The summed E-state index contributed by atoms with van der Waals surface area (Å²) >= 11 is 12.7. The molecular weight excluding hydrogens is 426 g/mol. The summed E-state index contributed by atoms with van der Waals surface area (Å²) < 4.78 is 11.8. The van der Waals surface area contributed by atoms with E-state index in [0.29, 0.717) is 38.1 Å². The fourth-order valence-corrected chi connectivity index (χ4v) is 4.37. The number of amides is 1. The topological polar surface area (TPSA) is 42.7 Å². The van der Waals surface area contributed by atoms with Crippen LogP contribution in [0.5, 0.6) is 5.75 Å². The second kappa shape index (κ2) is 8.45. The molecule has 0 N–H and O–H groups in total. The Balaban J connectivity index is 1.56. The van der Waals surface area contributed by atoms with Crippen molar-refractivity contribution >= 4 is 57.6 Å². The van der Waals surface area contributed by atoms with Crippen LogP contribution in [0.4, 0.5) is 5.69 Å². The van der Waals surface area contributed by atoms with E-state index in [9.17, 15) is 4.79 Å². The third kappa shape index (κ3) is 4.24. The molecule has 1 saturated heterocycles. The van der Waals surface area contributed by atoms with Crippen LogP contribution < -0.4 is 9.64 Å². The molecule has 4 nitrogen and oxygen atoms in total. The van der Waals surface area contributed by atoms with E-state index in [-0.39, 0.29) is 5.91 Å². The fraction of sp³-hybridized carbons (Fsp3) is 0.0909. The molecule has 1 aromatic heterocycles. The highest BCUT2D eigenvalue weighted by atomic mass is 35.5. The van der Waals surface area contributed by atoms with Gasteiger partial charge in [-0.05, 0) is 55.5 Å². The Morgan fingerprint density at radius 2 is 1.97 bits per heavy atom. The number of carbonyl (C=O) groups excluding carboxylic acids is 1. The summed E-state index contributed by atoms with van der Waals surface area (Å²) in [4.78, 5) is 14.9. The molecule has 1 fully saturated rings. The van der Waals surface area contributed by atoms with Crippen molar-refractivity contribution in [3.05, 3.63) is 76.4 Å². The monoisotopic (exact) mass is 441 g/mol. The highest BCUT2D eigenvalue weighted by Gasteiger charge is 2.33. The number of benzene rings is 2. The van der Waals surface area contributed by atoms with E-state index in [1.54, 1.807) is 12.1 Å². The first-order valence-corrected chi connectivity index (χ1v) is 10.5. The smallest absolute Gasteiger partial charge is 0.270 e. The van der Waals surface area contributed by atoms with E-state index in [2.05, 4.69) is 0 Å². The quantitative estimate of drug-likeness (QED) is 0.338. The largest absolute Gasteiger partial charge is 0.494 e. The first kappa shape index (κ1) is 19.8. The fourth-order valence-electron chi connectivity index (χ4n) is 2.90. The number of furan rings is 1. The summed E-state index contributed by atoms with van der Waals surface area (Å²) in [5, 5.41) is 0.636. The van der Waals surface area contributed by atoms with Crippen LogP contribution >= 0.6 is 35.6 Å². The highest BCUT2D eigenvalue weighted by molar-refractivity contribution is 8.27. The average Bonchev–Trinajstić information content (AvgIpc) is 3.28. The van der Waals surface area contributed by atoms with Crippen molar-refractivity contribution in [3.8, 4) is 17.1 Å². The van der Waals surface area contributed by atoms with Gasteiger partial charge >= 0.3 is 0 Å². The van der Waals surface area contributed by atoms with Crippen LogP contribution in [0.1, 0.15) is 12.7 Å². The molecule has 29 heavy (non-hydrogen) atoms. The molecule has 0 atom stereocenters. The van der Waals surface area contributed by atoms with Crippen molar-refractivity contribution in [1.29, 1.82) is 0 Å². The summed E-state index contributed by atoms with van der Waals surface area (Å²) in [6.45, 7) is 2.51. The summed E-state index contributed by atoms with van der Waals surface area (Å²) in [5.74, 6) is 1.83. The maximum atomic E-state index is 12.9. The van der Waals surface area contributed by atoms with E-state index in [1.807, 2.05) is 61.5 Å². The predicted octanol–water partition coefficient (Wildman–Crippen LogP) is 6.40. The van der Waals surface area contributed by atoms with Crippen molar-refractivity contribution in [2.45, 2.75) is 6.92 Å². The molecule has 1 amide bonds. The summed E-state index contributed by atoms with van der Waals surface area (Å²) in [5.41, 5.74) is 1.58. The maximum Gasteiger partial charge on any atom is 0.270 e. The number of rotatable bonds is 5. The van der Waals surface area contributed by atoms with Gasteiger partial charge in [0.2, 0.25) is 0 Å². The third-order valence-electron chi connectivity index (χ3n) is 4.21. The van der Waals surface area contributed by atoms with Gasteiger partial charge in [-0.25, -0.2) is 0 Å². The van der Waals surface area contributed by atoms with Crippen LogP contribution in [0.15, 0.2) is 70.0 Å². The third-order valence-corrected chi connectivity index (χ3v) is 5.75. The van der Waals surface area contributed by atoms with Crippen LogP contribution in [-0.2, 0) is 4.79 Å². The van der Waals surface area contributed by atoms with E-state index in [1.165, 1.54) is 16.7 Å². The van der Waals surface area contributed by atoms with Crippen LogP contribution in [0.25, 0.3) is 17.4 Å². The van der Waals surface area contributed by atoms with Gasteiger partial charge < -0.3 is 9.15 Å². The van der Waals surface area contributed by atoms with Gasteiger partial charge in [-0.3, -0.25) is 9.69 Å². The van der Waals surface area contributed by atoms with E-state index < -0.39 is 0 Å². The van der Waals surface area contributed by atoms with Gasteiger partial charge in [0.15, 0.2) is 4.32 Å². The minimum atomic E-state index is -0.176. The Hall–Kier alpha value is -2.54. The average molecular weight is 442 g/mol. The molecule has 0 bridgehead atoms. The Morgan fingerprint density at radius 1 is 1.17 bits per heavy atom. The van der Waals surface area contributed by atoms with Gasteiger partial charge in [-0.1, -0.05) is 47.7 Å². The van der Waals surface area contributed by atoms with Gasteiger partial charge in [0.25, 0.3) is 5.91 Å². The number of nitrogens with zero attached hydrogens (tertiary/aromatic N) is 1. The molecule has 0 spiro atoms. The summed E-state index contributed by atoms with van der Waals surface area (Å²) in [6.07, 6.45) is 1.71. The zero-order chi connectivity index (χ0) is 20.4. The molecule has 7 heteroatoms. The zero-order valence-electron chi connectivity index (χ0n) is 15.4. The Labute approximate surface area is 183 Å². The van der Waals surface area contributed by atoms with E-state index in [0.717, 1.165) is 11.3 Å². The number of halogens is 1. The first-order valence-electron chi connectivity index (χ1n) is 8.92. The Bertz CT molecular complexity index is 1110. The second-order valence-electron chi connectivity index (χ2n) is 6.16. The number of thioether (sulfide) groups is 1. The lowest BCUT2D eigenvalue weighted by Crippen LogP contribution is -2.27. The normalized spacial score (nSPS) is 15.4. The van der Waals surface area contributed by atoms with E-state index in [4.69, 9.17) is 33.0 Å². The number of hydrogen-bond acceptors (Lipinski definition) is 5. The minimum Gasteiger partial charge on any atom is -0.494 e. The van der Waals surface area contributed by atoms with Crippen molar-refractivity contribution in [2.75, 3.05) is 11.5 Å². The van der Waals surface area contributed by atoms with Crippen LogP contribution in [0.2, 0.25) is 5.02 Å². The molecule has 3 aromatic rings. The lowest BCUT2D eigenvalue weighted by atomic mass is 10.2. The molecule has 146 valence electrons. The van der Waals surface area contributed by atoms with Crippen molar-refractivity contribution in [3.63, 3.8) is 0 Å². The van der Waals surface area contributed by atoms with Crippen LogP contribution in [0, 0.1) is 0 Å². The molecule has 1 aliphatic rings. The molecule has 4 rings (SSSR count). The van der Waals surface area contributed by atoms with Crippen molar-refractivity contribution in [1.82, 2.24) is 0 Å². The van der Waals surface area contributed by atoms with Crippen LogP contribution in [0.3, 0.4) is 0 Å². The van der Waals surface area contributed by atoms with Gasteiger partial charge in [0.05, 0.1) is 17.2 Å². The molecule has 0 aliphatic carbocycles. The second-order valence-corrected chi connectivity index (χ2v) is 8.27. The van der Waals surface area contributed by atoms with Gasteiger partial charge in [0, 0.05) is 16.7 Å². The Kier molecular flexibility index (Phi) is 5.76. The molecule has 0 unspecified atom stereocenters. The Morgan fingerprint density at radius 3 is 2.69 bits per heavy atom. The van der Waals surface area contributed by atoms with E-state index >= 15 is 0 Å². The van der Waals surface area contributed by atoms with Gasteiger partial charge in [0.1, 0.15) is 17.3 Å². The summed E-state index contributed by atoms with van der Waals surface area (Å²) in [6, 6.07) is 18.4. The number of thiocarbonyl (C=S) groups is 1. The van der Waals surface area contributed by atoms with Gasteiger partial charge in [-0.2, -0.15) is 0 Å².